The van der Waals surface area contributed by atoms with Crippen LogP contribution < -0.4 is 10.6 Å². The summed E-state index contributed by atoms with van der Waals surface area (Å²) in [7, 11) is 0. The zero-order valence-electron chi connectivity index (χ0n) is 15.6. The molecule has 26 heavy (non-hydrogen) atoms. The number of anilines is 1. The first kappa shape index (κ1) is 19.2. The number of piperidine rings is 1. The molecule has 0 aliphatic carbocycles. The fourth-order valence-corrected chi connectivity index (χ4v) is 4.01. The summed E-state index contributed by atoms with van der Waals surface area (Å²) in [5.41, 5.74) is 10.3. The summed E-state index contributed by atoms with van der Waals surface area (Å²) in [6, 6.07) is 1.93. The molecule has 140 valence electrons. The maximum absolute atomic E-state index is 9.91. The van der Waals surface area contributed by atoms with Crippen LogP contribution in [-0.2, 0) is 13.0 Å². The van der Waals surface area contributed by atoms with Gasteiger partial charge in [0.25, 0.3) is 0 Å². The minimum atomic E-state index is -0.144. The van der Waals surface area contributed by atoms with E-state index in [2.05, 4.69) is 39.7 Å². The Bertz CT molecular complexity index is 799. The first-order valence-corrected chi connectivity index (χ1v) is 9.81. The zero-order valence-corrected chi connectivity index (χ0v) is 17.2. The first-order chi connectivity index (χ1) is 12.4. The van der Waals surface area contributed by atoms with Gasteiger partial charge in [-0.2, -0.15) is 0 Å². The number of hydrogen-bond acceptors (Lipinski definition) is 6. The molecule has 0 radical (unpaired) electrons. The number of aryl methyl sites for hydroxylation is 2. The van der Waals surface area contributed by atoms with Gasteiger partial charge in [0.15, 0.2) is 5.82 Å². The molecular weight excluding hydrogens is 394 g/mol. The summed E-state index contributed by atoms with van der Waals surface area (Å²) in [6.07, 6.45) is 4.42. The van der Waals surface area contributed by atoms with Crippen LogP contribution in [0.5, 0.6) is 0 Å². The van der Waals surface area contributed by atoms with E-state index < -0.39 is 0 Å². The molecule has 3 N–H and O–H groups in total. The molecule has 3 heterocycles. The molecule has 7 heteroatoms. The van der Waals surface area contributed by atoms with Crippen LogP contribution in [0.25, 0.3) is 11.3 Å². The van der Waals surface area contributed by atoms with Gasteiger partial charge in [-0.25, -0.2) is 9.97 Å². The molecule has 0 saturated carbocycles. The number of aliphatic hydroxyl groups is 1. The van der Waals surface area contributed by atoms with Crippen molar-refractivity contribution in [3.8, 4) is 11.3 Å². The quantitative estimate of drug-likeness (QED) is 0.791. The first-order valence-electron chi connectivity index (χ1n) is 9.02. The number of aliphatic hydroxyl groups excluding tert-OH is 1. The van der Waals surface area contributed by atoms with Gasteiger partial charge in [0.05, 0.1) is 23.7 Å². The van der Waals surface area contributed by atoms with E-state index in [9.17, 15) is 5.11 Å². The summed E-state index contributed by atoms with van der Waals surface area (Å²) in [6.45, 7) is 7.62. The number of hydrogen-bond donors (Lipinski definition) is 2. The fourth-order valence-electron chi connectivity index (χ4n) is 3.30. The van der Waals surface area contributed by atoms with E-state index in [1.54, 1.807) is 6.20 Å². The average Bonchev–Trinajstić information content (AvgIpc) is 2.62. The van der Waals surface area contributed by atoms with Crippen LogP contribution in [0.1, 0.15) is 43.8 Å². The van der Waals surface area contributed by atoms with Crippen molar-refractivity contribution in [1.29, 1.82) is 0 Å². The summed E-state index contributed by atoms with van der Waals surface area (Å²) in [5.74, 6) is 0.769. The number of aromatic nitrogens is 3. The van der Waals surface area contributed by atoms with Crippen molar-refractivity contribution in [3.63, 3.8) is 0 Å². The minimum absolute atomic E-state index is 0.128. The number of rotatable bonds is 4. The molecule has 0 unspecified atom stereocenters. The molecule has 2 aromatic rings. The normalized spacial score (nSPS) is 16.8. The van der Waals surface area contributed by atoms with Crippen LogP contribution in [0.4, 0.5) is 5.82 Å². The van der Waals surface area contributed by atoms with Crippen LogP contribution in [0.3, 0.4) is 0 Å². The third-order valence-electron chi connectivity index (χ3n) is 5.03. The topological polar surface area (TPSA) is 88.2 Å². The highest BCUT2D eigenvalue weighted by Crippen LogP contribution is 2.33. The highest BCUT2D eigenvalue weighted by molar-refractivity contribution is 9.10. The lowest BCUT2D eigenvalue weighted by molar-refractivity contribution is 0.275. The fraction of sp³-hybridized carbons (Fsp3) is 0.526. The third kappa shape index (κ3) is 3.75. The minimum Gasteiger partial charge on any atom is -0.390 e. The van der Waals surface area contributed by atoms with E-state index in [-0.39, 0.29) is 12.1 Å². The molecule has 0 aromatic carbocycles. The third-order valence-corrected chi connectivity index (χ3v) is 5.91. The predicted octanol–water partition coefficient (Wildman–Crippen LogP) is 2.98. The second-order valence-corrected chi connectivity index (χ2v) is 7.99. The predicted molar refractivity (Wildman–Crippen MR) is 107 cm³/mol. The summed E-state index contributed by atoms with van der Waals surface area (Å²) < 4.78 is 0.938. The summed E-state index contributed by atoms with van der Waals surface area (Å²) >= 11 is 3.65. The maximum atomic E-state index is 9.91. The van der Waals surface area contributed by atoms with Crippen LogP contribution in [-0.4, -0.2) is 38.7 Å². The summed E-state index contributed by atoms with van der Waals surface area (Å²) in [4.78, 5) is 16.2. The number of pyridine rings is 1. The van der Waals surface area contributed by atoms with E-state index in [4.69, 9.17) is 15.7 Å². The van der Waals surface area contributed by atoms with Gasteiger partial charge in [-0.15, -0.1) is 0 Å². The van der Waals surface area contributed by atoms with E-state index in [1.807, 2.05) is 13.0 Å². The lowest BCUT2D eigenvalue weighted by atomic mass is 9.91. The molecule has 2 aromatic heterocycles. The highest BCUT2D eigenvalue weighted by atomic mass is 79.9. The number of nitrogens with two attached hydrogens (primary N) is 1. The van der Waals surface area contributed by atoms with Gasteiger partial charge in [0.1, 0.15) is 5.69 Å². The molecule has 0 spiro atoms. The Kier molecular flexibility index (Phi) is 5.60. The molecule has 1 saturated heterocycles. The molecule has 0 atom stereocenters. The largest absolute Gasteiger partial charge is 0.390 e. The van der Waals surface area contributed by atoms with E-state index in [0.29, 0.717) is 5.69 Å². The number of halogens is 1. The molecule has 1 fully saturated rings. The standard InChI is InChI=1S/C19H26BrN5O/c1-4-14-16(20)13(5-8-22-14)17-12(2)23-18(15(11-26)24-17)25-9-6-19(3,21)7-10-25/h5,8,26H,4,6-7,9-11,21H2,1-3H3. The van der Waals surface area contributed by atoms with Crippen molar-refractivity contribution in [2.24, 2.45) is 5.73 Å². The highest BCUT2D eigenvalue weighted by Gasteiger charge is 2.28. The second kappa shape index (κ2) is 7.58. The van der Waals surface area contributed by atoms with Crippen molar-refractivity contribution >= 4 is 21.7 Å². The van der Waals surface area contributed by atoms with Gasteiger partial charge in [-0.3, -0.25) is 4.98 Å². The van der Waals surface area contributed by atoms with Crippen LogP contribution >= 0.6 is 15.9 Å². The Hall–Kier alpha value is -1.57. The van der Waals surface area contributed by atoms with Crippen molar-refractivity contribution in [1.82, 2.24) is 15.0 Å². The smallest absolute Gasteiger partial charge is 0.153 e. The van der Waals surface area contributed by atoms with Gasteiger partial charge < -0.3 is 15.7 Å². The van der Waals surface area contributed by atoms with Gasteiger partial charge >= 0.3 is 0 Å². The Morgan fingerprint density at radius 2 is 1.96 bits per heavy atom. The molecule has 3 rings (SSSR count). The SMILES string of the molecule is CCc1nccc(-c2nc(CO)c(N3CCC(C)(N)CC3)nc2C)c1Br. The Labute approximate surface area is 163 Å². The van der Waals surface area contributed by atoms with Crippen molar-refractivity contribution in [2.45, 2.75) is 52.2 Å². The summed E-state index contributed by atoms with van der Waals surface area (Å²) in [5, 5.41) is 9.91. The average molecular weight is 420 g/mol. The van der Waals surface area contributed by atoms with Crippen molar-refractivity contribution < 1.29 is 5.11 Å². The molecule has 1 aliphatic heterocycles. The molecule has 6 nitrogen and oxygen atoms in total. The van der Waals surface area contributed by atoms with Crippen molar-refractivity contribution in [3.05, 3.63) is 33.8 Å². The number of nitrogens with zero attached hydrogens (tertiary/aromatic N) is 4. The van der Waals surface area contributed by atoms with E-state index in [0.717, 1.165) is 65.3 Å². The lowest BCUT2D eigenvalue weighted by Crippen LogP contribution is -2.48. The van der Waals surface area contributed by atoms with Crippen LogP contribution in [0, 0.1) is 6.92 Å². The van der Waals surface area contributed by atoms with Crippen LogP contribution in [0.2, 0.25) is 0 Å². The van der Waals surface area contributed by atoms with E-state index >= 15 is 0 Å². The maximum Gasteiger partial charge on any atom is 0.153 e. The monoisotopic (exact) mass is 419 g/mol. The van der Waals surface area contributed by atoms with Gasteiger partial charge in [0.2, 0.25) is 0 Å². The molecular formula is C19H26BrN5O. The molecule has 0 bridgehead atoms. The second-order valence-electron chi connectivity index (χ2n) is 7.20. The van der Waals surface area contributed by atoms with Gasteiger partial charge in [-0.05, 0) is 55.1 Å². The molecule has 0 amide bonds. The van der Waals surface area contributed by atoms with Crippen LogP contribution in [0.15, 0.2) is 16.7 Å². The Morgan fingerprint density at radius 1 is 1.27 bits per heavy atom. The lowest BCUT2D eigenvalue weighted by Gasteiger charge is -2.38. The Morgan fingerprint density at radius 3 is 2.58 bits per heavy atom. The van der Waals surface area contributed by atoms with Gasteiger partial charge in [0, 0.05) is 34.9 Å². The van der Waals surface area contributed by atoms with Gasteiger partial charge in [-0.1, -0.05) is 6.92 Å². The molecule has 1 aliphatic rings. The Balaban J connectivity index is 2.01. The van der Waals surface area contributed by atoms with Crippen molar-refractivity contribution in [2.75, 3.05) is 18.0 Å². The van der Waals surface area contributed by atoms with E-state index in [1.165, 1.54) is 0 Å². The zero-order chi connectivity index (χ0) is 18.9.